The molecule has 1 nitrogen and oxygen atoms in total. The topological polar surface area (TPSA) is 9.23 Å². The normalized spacial score (nSPS) is 12.6. The highest BCUT2D eigenvalue weighted by atomic mass is 79.9. The predicted molar refractivity (Wildman–Crippen MR) is 55.0 cm³/mol. The highest BCUT2D eigenvalue weighted by Gasteiger charge is 1.99. The number of alkyl halides is 1. The van der Waals surface area contributed by atoms with Crippen LogP contribution in [0.4, 0.5) is 0 Å². The van der Waals surface area contributed by atoms with Gasteiger partial charge in [0.15, 0.2) is 0 Å². The summed E-state index contributed by atoms with van der Waals surface area (Å²) in [6.07, 6.45) is 0. The Labute approximate surface area is 81.9 Å². The van der Waals surface area contributed by atoms with E-state index in [0.29, 0.717) is 4.83 Å². The van der Waals surface area contributed by atoms with Crippen LogP contribution in [0.25, 0.3) is 0 Å². The fourth-order valence-corrected chi connectivity index (χ4v) is 1.30. The van der Waals surface area contributed by atoms with Crippen LogP contribution in [0.2, 0.25) is 0 Å². The van der Waals surface area contributed by atoms with E-state index in [4.69, 9.17) is 4.74 Å². The SMILES string of the molecule is CCOc1ccc([C@@H](C)Br)cc1. The van der Waals surface area contributed by atoms with Crippen LogP contribution in [0, 0.1) is 0 Å². The fourth-order valence-electron chi connectivity index (χ4n) is 0.996. The second-order valence-electron chi connectivity index (χ2n) is 2.62. The minimum Gasteiger partial charge on any atom is -0.494 e. The summed E-state index contributed by atoms with van der Waals surface area (Å²) in [4.78, 5) is 0.410. The van der Waals surface area contributed by atoms with Crippen LogP contribution in [0.15, 0.2) is 24.3 Å². The fraction of sp³-hybridized carbons (Fsp3) is 0.400. The molecule has 1 rings (SSSR count). The Bertz CT molecular complexity index is 228. The maximum atomic E-state index is 5.33. The minimum absolute atomic E-state index is 0.410. The van der Waals surface area contributed by atoms with Crippen LogP contribution in [0.1, 0.15) is 24.2 Å². The van der Waals surface area contributed by atoms with Crippen molar-refractivity contribution in [3.8, 4) is 5.75 Å². The van der Waals surface area contributed by atoms with Crippen molar-refractivity contribution >= 4 is 15.9 Å². The largest absolute Gasteiger partial charge is 0.494 e. The van der Waals surface area contributed by atoms with Gasteiger partial charge < -0.3 is 4.74 Å². The average Bonchev–Trinajstić information content (AvgIpc) is 2.06. The second kappa shape index (κ2) is 4.51. The Morgan fingerprint density at radius 2 is 1.92 bits per heavy atom. The van der Waals surface area contributed by atoms with E-state index >= 15 is 0 Å². The van der Waals surface area contributed by atoms with E-state index in [-0.39, 0.29) is 0 Å². The molecule has 0 saturated heterocycles. The van der Waals surface area contributed by atoms with E-state index in [2.05, 4.69) is 35.0 Å². The first-order chi connectivity index (χ1) is 5.74. The molecule has 2 heteroatoms. The van der Waals surface area contributed by atoms with Gasteiger partial charge in [-0.3, -0.25) is 0 Å². The summed E-state index contributed by atoms with van der Waals surface area (Å²) in [5.74, 6) is 0.939. The first-order valence-electron chi connectivity index (χ1n) is 4.11. The van der Waals surface area contributed by atoms with Gasteiger partial charge in [-0.05, 0) is 31.5 Å². The molecule has 0 aromatic heterocycles. The number of benzene rings is 1. The Morgan fingerprint density at radius 1 is 1.33 bits per heavy atom. The molecule has 0 fully saturated rings. The molecule has 0 saturated carbocycles. The lowest BCUT2D eigenvalue weighted by Crippen LogP contribution is -1.91. The van der Waals surface area contributed by atoms with Gasteiger partial charge >= 0.3 is 0 Å². The maximum Gasteiger partial charge on any atom is 0.119 e. The van der Waals surface area contributed by atoms with Crippen LogP contribution in [0.3, 0.4) is 0 Å². The molecule has 0 aliphatic rings. The highest BCUT2D eigenvalue weighted by Crippen LogP contribution is 2.23. The van der Waals surface area contributed by atoms with Crippen molar-refractivity contribution in [3.05, 3.63) is 29.8 Å². The number of hydrogen-bond donors (Lipinski definition) is 0. The zero-order valence-electron chi connectivity index (χ0n) is 7.38. The summed E-state index contributed by atoms with van der Waals surface area (Å²) in [6, 6.07) is 8.14. The molecule has 0 bridgehead atoms. The van der Waals surface area contributed by atoms with E-state index in [1.54, 1.807) is 0 Å². The predicted octanol–water partition coefficient (Wildman–Crippen LogP) is 3.54. The molecule has 1 atom stereocenters. The quantitative estimate of drug-likeness (QED) is 0.720. The van der Waals surface area contributed by atoms with Crippen molar-refractivity contribution in [2.24, 2.45) is 0 Å². The van der Waals surface area contributed by atoms with Crippen molar-refractivity contribution in [2.75, 3.05) is 6.61 Å². The Morgan fingerprint density at radius 3 is 2.33 bits per heavy atom. The summed E-state index contributed by atoms with van der Waals surface area (Å²) >= 11 is 3.51. The first-order valence-corrected chi connectivity index (χ1v) is 5.02. The van der Waals surface area contributed by atoms with Crippen molar-refractivity contribution in [3.63, 3.8) is 0 Å². The number of halogens is 1. The molecule has 0 N–H and O–H groups in total. The Kier molecular flexibility index (Phi) is 3.60. The molecule has 1 aromatic rings. The zero-order chi connectivity index (χ0) is 8.97. The molecule has 0 unspecified atom stereocenters. The van der Waals surface area contributed by atoms with Gasteiger partial charge in [0, 0.05) is 4.83 Å². The molecule has 0 amide bonds. The molecule has 66 valence electrons. The molecule has 1 aromatic carbocycles. The lowest BCUT2D eigenvalue weighted by Gasteiger charge is -2.05. The van der Waals surface area contributed by atoms with Gasteiger partial charge in [-0.25, -0.2) is 0 Å². The summed E-state index contributed by atoms with van der Waals surface area (Å²) in [7, 11) is 0. The van der Waals surface area contributed by atoms with Crippen molar-refractivity contribution in [1.82, 2.24) is 0 Å². The van der Waals surface area contributed by atoms with E-state index in [1.165, 1.54) is 5.56 Å². The maximum absolute atomic E-state index is 5.33. The van der Waals surface area contributed by atoms with Gasteiger partial charge in [0.05, 0.1) is 6.61 Å². The smallest absolute Gasteiger partial charge is 0.119 e. The molecule has 12 heavy (non-hydrogen) atoms. The molecule has 0 radical (unpaired) electrons. The summed E-state index contributed by atoms with van der Waals surface area (Å²) < 4.78 is 5.33. The third kappa shape index (κ3) is 2.52. The average molecular weight is 229 g/mol. The highest BCUT2D eigenvalue weighted by molar-refractivity contribution is 9.09. The van der Waals surface area contributed by atoms with E-state index in [0.717, 1.165) is 12.4 Å². The number of hydrogen-bond acceptors (Lipinski definition) is 1. The lowest BCUT2D eigenvalue weighted by molar-refractivity contribution is 0.340. The molecule has 0 aliphatic heterocycles. The van der Waals surface area contributed by atoms with E-state index < -0.39 is 0 Å². The minimum atomic E-state index is 0.410. The van der Waals surface area contributed by atoms with Gasteiger partial charge in [-0.2, -0.15) is 0 Å². The third-order valence-electron chi connectivity index (χ3n) is 1.65. The van der Waals surface area contributed by atoms with Gasteiger partial charge in [-0.1, -0.05) is 28.1 Å². The van der Waals surface area contributed by atoms with Crippen molar-refractivity contribution in [2.45, 2.75) is 18.7 Å². The second-order valence-corrected chi connectivity index (χ2v) is 3.99. The standard InChI is InChI=1S/C10H13BrO/c1-3-12-10-6-4-9(5-7-10)8(2)11/h4-8H,3H2,1-2H3/t8-/m1/s1. The van der Waals surface area contributed by atoms with Crippen LogP contribution >= 0.6 is 15.9 Å². The van der Waals surface area contributed by atoms with Crippen LogP contribution < -0.4 is 4.74 Å². The van der Waals surface area contributed by atoms with Gasteiger partial charge in [0.1, 0.15) is 5.75 Å². The lowest BCUT2D eigenvalue weighted by atomic mass is 10.2. The third-order valence-corrected chi connectivity index (χ3v) is 2.18. The van der Waals surface area contributed by atoms with E-state index in [9.17, 15) is 0 Å². The Hall–Kier alpha value is -0.500. The molecule has 0 heterocycles. The van der Waals surface area contributed by atoms with Gasteiger partial charge in [0.2, 0.25) is 0 Å². The van der Waals surface area contributed by atoms with Gasteiger partial charge in [0.25, 0.3) is 0 Å². The summed E-state index contributed by atoms with van der Waals surface area (Å²) in [5.41, 5.74) is 1.28. The van der Waals surface area contributed by atoms with Crippen LogP contribution in [-0.2, 0) is 0 Å². The monoisotopic (exact) mass is 228 g/mol. The molecular weight excluding hydrogens is 216 g/mol. The number of ether oxygens (including phenoxy) is 1. The first kappa shape index (κ1) is 9.59. The number of rotatable bonds is 3. The summed E-state index contributed by atoms with van der Waals surface area (Å²) in [6.45, 7) is 4.82. The molecule has 0 aliphatic carbocycles. The van der Waals surface area contributed by atoms with Crippen molar-refractivity contribution in [1.29, 1.82) is 0 Å². The van der Waals surface area contributed by atoms with E-state index in [1.807, 2.05) is 19.1 Å². The molecular formula is C10H13BrO. The van der Waals surface area contributed by atoms with Crippen LogP contribution in [-0.4, -0.2) is 6.61 Å². The van der Waals surface area contributed by atoms with Crippen LogP contribution in [0.5, 0.6) is 5.75 Å². The van der Waals surface area contributed by atoms with Crippen molar-refractivity contribution < 1.29 is 4.74 Å². The summed E-state index contributed by atoms with van der Waals surface area (Å²) in [5, 5.41) is 0. The van der Waals surface area contributed by atoms with Gasteiger partial charge in [-0.15, -0.1) is 0 Å². The zero-order valence-corrected chi connectivity index (χ0v) is 8.97. The molecule has 0 spiro atoms. The Balaban J connectivity index is 2.71.